The van der Waals surface area contributed by atoms with Gasteiger partial charge in [0, 0.05) is 10.1 Å². The minimum Gasteiger partial charge on any atom is -0.392 e. The van der Waals surface area contributed by atoms with E-state index >= 15 is 0 Å². The van der Waals surface area contributed by atoms with E-state index in [2.05, 4.69) is 24.3 Å². The monoisotopic (exact) mass is 260 g/mol. The molecule has 2 heteroatoms. The van der Waals surface area contributed by atoms with E-state index in [9.17, 15) is 5.11 Å². The second-order valence-electron chi connectivity index (χ2n) is 6.30. The van der Waals surface area contributed by atoms with Gasteiger partial charge in [-0.2, -0.15) is 0 Å². The lowest BCUT2D eigenvalue weighted by molar-refractivity contribution is 0.0734. The first-order valence-corrected chi connectivity index (χ1v) is 8.12. The van der Waals surface area contributed by atoms with Crippen LogP contribution in [-0.4, -0.2) is 16.5 Å². The van der Waals surface area contributed by atoms with Crippen molar-refractivity contribution in [3.63, 3.8) is 0 Å². The molecule has 1 N–H and O–H groups in total. The normalized spacial score (nSPS) is 38.9. The largest absolute Gasteiger partial charge is 0.392 e. The third kappa shape index (κ3) is 1.73. The predicted octanol–water partition coefficient (Wildman–Crippen LogP) is 3.50. The first kappa shape index (κ1) is 11.4. The molecule has 1 nitrogen and oxygen atoms in total. The Hall–Kier alpha value is -0.470. The van der Waals surface area contributed by atoms with Crippen molar-refractivity contribution in [3.8, 4) is 0 Å². The fraction of sp³-hybridized carbons (Fsp3) is 0.625. The third-order valence-corrected chi connectivity index (χ3v) is 6.68. The first-order valence-electron chi connectivity index (χ1n) is 7.24. The van der Waals surface area contributed by atoms with Crippen molar-refractivity contribution in [2.75, 3.05) is 0 Å². The lowest BCUT2D eigenvalue weighted by Crippen LogP contribution is -2.34. The first-order chi connectivity index (χ1) is 8.81. The Morgan fingerprint density at radius 3 is 2.78 bits per heavy atom. The molecule has 2 aliphatic carbocycles. The van der Waals surface area contributed by atoms with Crippen LogP contribution in [0, 0.1) is 17.8 Å². The molecule has 18 heavy (non-hydrogen) atoms. The number of hydrogen-bond acceptors (Lipinski definition) is 2. The second kappa shape index (κ2) is 4.28. The molecule has 1 heterocycles. The van der Waals surface area contributed by atoms with Gasteiger partial charge in [0.05, 0.1) is 6.10 Å². The van der Waals surface area contributed by atoms with E-state index in [1.807, 2.05) is 11.8 Å². The molecule has 0 radical (unpaired) electrons. The van der Waals surface area contributed by atoms with Crippen molar-refractivity contribution in [1.82, 2.24) is 0 Å². The van der Waals surface area contributed by atoms with Crippen molar-refractivity contribution in [3.05, 3.63) is 29.8 Å². The van der Waals surface area contributed by atoms with Gasteiger partial charge >= 0.3 is 0 Å². The molecule has 1 aromatic carbocycles. The number of aliphatic hydroxyl groups excluding tert-OH is 1. The summed E-state index contributed by atoms with van der Waals surface area (Å²) < 4.78 is 0. The van der Waals surface area contributed by atoms with Gasteiger partial charge < -0.3 is 5.11 Å². The van der Waals surface area contributed by atoms with Gasteiger partial charge in [-0.25, -0.2) is 0 Å². The SMILES string of the molecule is OC(C1Cc2ccccc2S1)C1CC2CCC1C2. The molecule has 0 saturated heterocycles. The average Bonchev–Trinajstić information content (AvgIpc) is 3.11. The summed E-state index contributed by atoms with van der Waals surface area (Å²) in [5.74, 6) is 2.35. The highest BCUT2D eigenvalue weighted by Crippen LogP contribution is 2.52. The van der Waals surface area contributed by atoms with Gasteiger partial charge in [-0.15, -0.1) is 11.8 Å². The number of rotatable bonds is 2. The molecule has 5 unspecified atom stereocenters. The summed E-state index contributed by atoms with van der Waals surface area (Å²) in [6.45, 7) is 0. The molecule has 1 aliphatic heterocycles. The second-order valence-corrected chi connectivity index (χ2v) is 7.58. The molecule has 1 aromatic rings. The van der Waals surface area contributed by atoms with Crippen LogP contribution >= 0.6 is 11.8 Å². The third-order valence-electron chi connectivity index (χ3n) is 5.28. The maximum atomic E-state index is 10.7. The van der Waals surface area contributed by atoms with Crippen LogP contribution < -0.4 is 0 Å². The number of hydrogen-bond donors (Lipinski definition) is 1. The molecule has 4 rings (SSSR count). The zero-order chi connectivity index (χ0) is 12.1. The number of benzene rings is 1. The van der Waals surface area contributed by atoms with Crippen molar-refractivity contribution in [2.45, 2.75) is 48.4 Å². The Labute approximate surface area is 113 Å². The number of thioether (sulfide) groups is 1. The molecular weight excluding hydrogens is 240 g/mol. The van der Waals surface area contributed by atoms with Crippen LogP contribution in [0.5, 0.6) is 0 Å². The van der Waals surface area contributed by atoms with Crippen LogP contribution in [0.4, 0.5) is 0 Å². The van der Waals surface area contributed by atoms with Gasteiger partial charge in [0.15, 0.2) is 0 Å². The Morgan fingerprint density at radius 2 is 2.06 bits per heavy atom. The maximum absolute atomic E-state index is 10.7. The van der Waals surface area contributed by atoms with Crippen molar-refractivity contribution < 1.29 is 5.11 Å². The smallest absolute Gasteiger partial charge is 0.0696 e. The van der Waals surface area contributed by atoms with Gasteiger partial charge in [0.25, 0.3) is 0 Å². The molecule has 0 spiro atoms. The number of fused-ring (bicyclic) bond motifs is 3. The van der Waals surface area contributed by atoms with E-state index in [4.69, 9.17) is 0 Å². The van der Waals surface area contributed by atoms with E-state index in [0.717, 1.165) is 18.3 Å². The van der Waals surface area contributed by atoms with E-state index in [1.54, 1.807) is 0 Å². The fourth-order valence-electron chi connectivity index (χ4n) is 4.39. The van der Waals surface area contributed by atoms with Crippen molar-refractivity contribution in [2.24, 2.45) is 17.8 Å². The predicted molar refractivity (Wildman–Crippen MR) is 74.7 cm³/mol. The summed E-state index contributed by atoms with van der Waals surface area (Å²) in [4.78, 5) is 1.39. The average molecular weight is 260 g/mol. The van der Waals surface area contributed by atoms with Crippen molar-refractivity contribution in [1.29, 1.82) is 0 Å². The molecular formula is C16H20OS. The fourth-order valence-corrected chi connectivity index (χ4v) is 5.78. The molecule has 5 atom stereocenters. The van der Waals surface area contributed by atoms with Crippen LogP contribution in [0.1, 0.15) is 31.2 Å². The minimum absolute atomic E-state index is 0.0855. The summed E-state index contributed by atoms with van der Waals surface area (Å²) >= 11 is 1.91. The van der Waals surface area contributed by atoms with E-state index in [-0.39, 0.29) is 6.10 Å². The van der Waals surface area contributed by atoms with Gasteiger partial charge in [-0.1, -0.05) is 24.6 Å². The summed E-state index contributed by atoms with van der Waals surface area (Å²) in [7, 11) is 0. The zero-order valence-electron chi connectivity index (χ0n) is 10.6. The molecule has 0 aromatic heterocycles. The topological polar surface area (TPSA) is 20.2 Å². The van der Waals surface area contributed by atoms with Crippen LogP contribution in [0.15, 0.2) is 29.2 Å². The van der Waals surface area contributed by atoms with Crippen LogP contribution in [0.2, 0.25) is 0 Å². The molecule has 2 saturated carbocycles. The Bertz CT molecular complexity index is 433. The Morgan fingerprint density at radius 1 is 1.17 bits per heavy atom. The highest BCUT2D eigenvalue weighted by Gasteiger charge is 2.45. The molecule has 96 valence electrons. The number of aliphatic hydroxyl groups is 1. The summed E-state index contributed by atoms with van der Waals surface area (Å²) in [6.07, 6.45) is 6.46. The molecule has 2 bridgehead atoms. The Kier molecular flexibility index (Phi) is 2.70. The summed E-state index contributed by atoms with van der Waals surface area (Å²) in [5.41, 5.74) is 1.44. The Balaban J connectivity index is 1.49. The lowest BCUT2D eigenvalue weighted by atomic mass is 9.82. The van der Waals surface area contributed by atoms with E-state index in [1.165, 1.54) is 36.1 Å². The summed E-state index contributed by atoms with van der Waals surface area (Å²) in [5, 5.41) is 11.1. The van der Waals surface area contributed by atoms with Crippen molar-refractivity contribution >= 4 is 11.8 Å². The lowest BCUT2D eigenvalue weighted by Gasteiger charge is -2.30. The van der Waals surface area contributed by atoms with Crippen LogP contribution in [-0.2, 0) is 6.42 Å². The van der Waals surface area contributed by atoms with Crippen LogP contribution in [0.25, 0.3) is 0 Å². The standard InChI is InChI=1S/C16H20OS/c17-16(13-8-10-5-6-11(13)7-10)15-9-12-3-1-2-4-14(12)18-15/h1-4,10-11,13,15-17H,5-9H2. The summed E-state index contributed by atoms with van der Waals surface area (Å²) in [6, 6.07) is 8.65. The van der Waals surface area contributed by atoms with Gasteiger partial charge in [0.1, 0.15) is 0 Å². The quantitative estimate of drug-likeness (QED) is 0.878. The maximum Gasteiger partial charge on any atom is 0.0696 e. The highest BCUT2D eigenvalue weighted by atomic mass is 32.2. The minimum atomic E-state index is -0.0855. The molecule has 0 amide bonds. The molecule has 3 aliphatic rings. The highest BCUT2D eigenvalue weighted by molar-refractivity contribution is 8.00. The van der Waals surface area contributed by atoms with E-state index < -0.39 is 0 Å². The molecule has 2 fully saturated rings. The van der Waals surface area contributed by atoms with Gasteiger partial charge in [0.2, 0.25) is 0 Å². The van der Waals surface area contributed by atoms with Gasteiger partial charge in [-0.05, 0) is 55.1 Å². The van der Waals surface area contributed by atoms with Crippen LogP contribution in [0.3, 0.4) is 0 Å². The van der Waals surface area contributed by atoms with E-state index in [0.29, 0.717) is 11.2 Å². The zero-order valence-corrected chi connectivity index (χ0v) is 11.4. The van der Waals surface area contributed by atoms with Gasteiger partial charge in [-0.3, -0.25) is 0 Å².